The number of para-hydroxylation sites is 1. The Morgan fingerprint density at radius 1 is 1.15 bits per heavy atom. The largest absolute Gasteiger partial charge is 0.399 e. The summed E-state index contributed by atoms with van der Waals surface area (Å²) in [5.41, 5.74) is 11.2. The number of nitrogens with two attached hydrogens (primary N) is 1. The molecule has 0 amide bonds. The summed E-state index contributed by atoms with van der Waals surface area (Å²) in [6.45, 7) is 2.95. The van der Waals surface area contributed by atoms with E-state index in [1.807, 2.05) is 18.2 Å². The van der Waals surface area contributed by atoms with Crippen LogP contribution < -0.4 is 11.1 Å². The number of hydrogen-bond acceptors (Lipinski definition) is 6. The predicted octanol–water partition coefficient (Wildman–Crippen LogP) is 4.27. The van der Waals surface area contributed by atoms with Crippen LogP contribution in [0, 0.1) is 0 Å². The summed E-state index contributed by atoms with van der Waals surface area (Å²) in [4.78, 5) is 0. The van der Waals surface area contributed by atoms with Gasteiger partial charge in [-0.2, -0.15) is 5.10 Å². The number of rotatable bonds is 7. The van der Waals surface area contributed by atoms with Gasteiger partial charge in [-0.25, -0.2) is 0 Å². The Morgan fingerprint density at radius 3 is 2.89 bits per heavy atom. The molecule has 138 valence electrons. The fraction of sp³-hybridized carbons (Fsp3) is 0.250. The molecule has 4 aromatic rings. The molecule has 0 spiro atoms. The third kappa shape index (κ3) is 3.78. The summed E-state index contributed by atoms with van der Waals surface area (Å²) >= 11 is 1.57. The quantitative estimate of drug-likeness (QED) is 0.330. The number of aryl methyl sites for hydroxylation is 2. The van der Waals surface area contributed by atoms with Crippen LogP contribution in [0.2, 0.25) is 0 Å². The number of benzene rings is 2. The molecule has 0 aliphatic heterocycles. The number of nitrogen functional groups attached to an aromatic ring is 1. The number of hydrogen-bond donors (Lipinski definition) is 3. The minimum Gasteiger partial charge on any atom is -0.399 e. The van der Waals surface area contributed by atoms with Gasteiger partial charge in [0.1, 0.15) is 5.01 Å². The van der Waals surface area contributed by atoms with E-state index in [-0.39, 0.29) is 0 Å². The summed E-state index contributed by atoms with van der Waals surface area (Å²) in [7, 11) is 0. The van der Waals surface area contributed by atoms with Gasteiger partial charge in [0.25, 0.3) is 0 Å². The van der Waals surface area contributed by atoms with Crippen molar-refractivity contribution in [2.75, 3.05) is 17.6 Å². The van der Waals surface area contributed by atoms with E-state index in [1.54, 1.807) is 11.3 Å². The summed E-state index contributed by atoms with van der Waals surface area (Å²) in [6.07, 6.45) is 2.84. The smallest absolute Gasteiger partial charge is 0.206 e. The van der Waals surface area contributed by atoms with E-state index in [2.05, 4.69) is 56.9 Å². The summed E-state index contributed by atoms with van der Waals surface area (Å²) in [5.74, 6) is 0. The molecular formula is C20H22N6S. The first kappa shape index (κ1) is 17.5. The molecule has 2 heterocycles. The van der Waals surface area contributed by atoms with Crippen LogP contribution in [0.1, 0.15) is 24.6 Å². The zero-order chi connectivity index (χ0) is 18.6. The molecule has 0 saturated heterocycles. The van der Waals surface area contributed by atoms with Crippen molar-refractivity contribution < 1.29 is 0 Å². The molecule has 0 radical (unpaired) electrons. The van der Waals surface area contributed by atoms with Crippen molar-refractivity contribution in [3.8, 4) is 10.6 Å². The second-order valence-electron chi connectivity index (χ2n) is 6.43. The lowest BCUT2D eigenvalue weighted by Gasteiger charge is -2.05. The maximum absolute atomic E-state index is 5.99. The van der Waals surface area contributed by atoms with Crippen LogP contribution in [0.5, 0.6) is 0 Å². The zero-order valence-electron chi connectivity index (χ0n) is 15.2. The molecule has 6 nitrogen and oxygen atoms in total. The maximum Gasteiger partial charge on any atom is 0.206 e. The summed E-state index contributed by atoms with van der Waals surface area (Å²) in [5, 5.41) is 22.3. The Hall–Kier alpha value is -2.93. The third-order valence-corrected chi connectivity index (χ3v) is 5.53. The molecule has 0 bridgehead atoms. The molecule has 0 aliphatic carbocycles. The van der Waals surface area contributed by atoms with E-state index in [1.165, 1.54) is 5.56 Å². The van der Waals surface area contributed by atoms with E-state index >= 15 is 0 Å². The zero-order valence-corrected chi connectivity index (χ0v) is 16.0. The fourth-order valence-electron chi connectivity index (χ4n) is 3.12. The van der Waals surface area contributed by atoms with Gasteiger partial charge in [-0.3, -0.25) is 5.10 Å². The van der Waals surface area contributed by atoms with E-state index in [0.717, 1.165) is 63.8 Å². The molecule has 0 fully saturated rings. The Morgan fingerprint density at radius 2 is 2.04 bits per heavy atom. The Kier molecular flexibility index (Phi) is 5.02. The normalized spacial score (nSPS) is 11.1. The molecule has 2 aromatic carbocycles. The standard InChI is InChI=1S/C20H22N6S/c1-2-17-15-12-14(9-10-18(15)24-23-17)19-25-26-20(27-19)22-11-5-7-13-6-3-4-8-16(13)21/h3-4,6,8-10,12H,2,5,7,11,21H2,1H3,(H,22,26)(H,23,24). The first-order chi connectivity index (χ1) is 13.2. The molecule has 0 unspecified atom stereocenters. The fourth-order valence-corrected chi connectivity index (χ4v) is 3.88. The third-order valence-electron chi connectivity index (χ3n) is 4.60. The van der Waals surface area contributed by atoms with Crippen LogP contribution in [-0.4, -0.2) is 26.9 Å². The van der Waals surface area contributed by atoms with Gasteiger partial charge in [-0.1, -0.05) is 36.5 Å². The lowest BCUT2D eigenvalue weighted by molar-refractivity contribution is 0.860. The Bertz CT molecular complexity index is 1050. The van der Waals surface area contributed by atoms with Crippen molar-refractivity contribution >= 4 is 33.1 Å². The van der Waals surface area contributed by atoms with E-state index in [0.29, 0.717) is 0 Å². The van der Waals surface area contributed by atoms with Gasteiger partial charge in [0.2, 0.25) is 5.13 Å². The van der Waals surface area contributed by atoms with Gasteiger partial charge in [-0.05, 0) is 49.1 Å². The highest BCUT2D eigenvalue weighted by Gasteiger charge is 2.10. The van der Waals surface area contributed by atoms with Crippen molar-refractivity contribution in [3.63, 3.8) is 0 Å². The number of fused-ring (bicyclic) bond motifs is 1. The molecule has 0 saturated carbocycles. The van der Waals surface area contributed by atoms with E-state index in [9.17, 15) is 0 Å². The first-order valence-electron chi connectivity index (χ1n) is 9.12. The molecule has 0 atom stereocenters. The van der Waals surface area contributed by atoms with E-state index in [4.69, 9.17) is 5.73 Å². The van der Waals surface area contributed by atoms with Crippen molar-refractivity contribution in [1.29, 1.82) is 0 Å². The van der Waals surface area contributed by atoms with Crippen LogP contribution in [0.25, 0.3) is 21.5 Å². The SMILES string of the molecule is CCc1n[nH]c2ccc(-c3nnc(NCCCc4ccccc4N)s3)cc12. The van der Waals surface area contributed by atoms with Crippen molar-refractivity contribution in [3.05, 3.63) is 53.7 Å². The predicted molar refractivity (Wildman–Crippen MR) is 112 cm³/mol. The van der Waals surface area contributed by atoms with Crippen molar-refractivity contribution in [1.82, 2.24) is 20.4 Å². The average molecular weight is 379 g/mol. The average Bonchev–Trinajstić information content (AvgIpc) is 3.32. The molecular weight excluding hydrogens is 356 g/mol. The number of nitrogens with one attached hydrogen (secondary N) is 2. The summed E-state index contributed by atoms with van der Waals surface area (Å²) in [6, 6.07) is 14.3. The van der Waals surface area contributed by atoms with Gasteiger partial charge in [0.15, 0.2) is 0 Å². The van der Waals surface area contributed by atoms with E-state index < -0.39 is 0 Å². The van der Waals surface area contributed by atoms with Gasteiger partial charge in [-0.15, -0.1) is 10.2 Å². The van der Waals surface area contributed by atoms with Crippen LogP contribution in [0.4, 0.5) is 10.8 Å². The number of nitrogens with zero attached hydrogens (tertiary/aromatic N) is 3. The number of aromatic amines is 1. The number of anilines is 2. The number of aromatic nitrogens is 4. The molecule has 0 aliphatic rings. The highest BCUT2D eigenvalue weighted by atomic mass is 32.1. The second-order valence-corrected chi connectivity index (χ2v) is 7.40. The minimum absolute atomic E-state index is 0.837. The minimum atomic E-state index is 0.837. The molecule has 7 heteroatoms. The van der Waals surface area contributed by atoms with Crippen LogP contribution in [0.3, 0.4) is 0 Å². The topological polar surface area (TPSA) is 92.5 Å². The lowest BCUT2D eigenvalue weighted by Crippen LogP contribution is -2.03. The molecule has 2 aromatic heterocycles. The van der Waals surface area contributed by atoms with Crippen molar-refractivity contribution in [2.45, 2.75) is 26.2 Å². The molecule has 4 rings (SSSR count). The molecule has 27 heavy (non-hydrogen) atoms. The Balaban J connectivity index is 1.39. The van der Waals surface area contributed by atoms with Gasteiger partial charge in [0, 0.05) is 23.2 Å². The molecule has 4 N–H and O–H groups in total. The maximum atomic E-state index is 5.99. The van der Waals surface area contributed by atoms with Crippen LogP contribution in [0.15, 0.2) is 42.5 Å². The lowest BCUT2D eigenvalue weighted by atomic mass is 10.1. The van der Waals surface area contributed by atoms with Gasteiger partial charge < -0.3 is 11.1 Å². The van der Waals surface area contributed by atoms with Gasteiger partial charge in [0.05, 0.1) is 11.2 Å². The highest BCUT2D eigenvalue weighted by Crippen LogP contribution is 2.29. The van der Waals surface area contributed by atoms with Crippen LogP contribution in [-0.2, 0) is 12.8 Å². The highest BCUT2D eigenvalue weighted by molar-refractivity contribution is 7.18. The number of H-pyrrole nitrogens is 1. The Labute approximate surface area is 161 Å². The second kappa shape index (κ2) is 7.75. The van der Waals surface area contributed by atoms with Crippen molar-refractivity contribution in [2.24, 2.45) is 0 Å². The summed E-state index contributed by atoms with van der Waals surface area (Å²) < 4.78 is 0. The monoisotopic (exact) mass is 378 g/mol. The first-order valence-corrected chi connectivity index (χ1v) is 9.94. The van der Waals surface area contributed by atoms with Crippen LogP contribution >= 0.6 is 11.3 Å². The van der Waals surface area contributed by atoms with Gasteiger partial charge >= 0.3 is 0 Å².